The van der Waals surface area contributed by atoms with Crippen LogP contribution in [0, 0.1) is 0 Å². The van der Waals surface area contributed by atoms with E-state index in [-0.39, 0.29) is 0 Å². The summed E-state index contributed by atoms with van der Waals surface area (Å²) in [7, 11) is -6.51. The normalized spacial score (nSPS) is 12.3. The third-order valence-corrected chi connectivity index (χ3v) is 20.9. The zero-order valence-electron chi connectivity index (χ0n) is 34.8. The molecule has 66 heavy (non-hydrogen) atoms. The molecule has 0 saturated heterocycles. The lowest BCUT2D eigenvalue weighted by atomic mass is 10.3. The molecule has 0 aliphatic heterocycles. The Morgan fingerprint density at radius 2 is 0.439 bits per heavy atom. The summed E-state index contributed by atoms with van der Waals surface area (Å²) >= 11 is 7.68. The first kappa shape index (κ1) is 38.1. The molecule has 0 aliphatic rings. The number of hydrogen-bond acceptors (Lipinski definition) is 7. The summed E-state index contributed by atoms with van der Waals surface area (Å²) in [6.07, 6.45) is 27.4. The van der Waals surface area contributed by atoms with Gasteiger partial charge in [-0.2, -0.15) is 0 Å². The molecule has 0 fully saturated rings. The van der Waals surface area contributed by atoms with Gasteiger partial charge >= 0.3 is 16.6 Å². The van der Waals surface area contributed by atoms with E-state index in [2.05, 4.69) is 118 Å². The Bertz CT molecular complexity index is 3620. The molecule has 0 spiro atoms. The Kier molecular flexibility index (Phi) is 8.54. The third-order valence-electron chi connectivity index (χ3n) is 12.3. The van der Waals surface area contributed by atoms with Crippen molar-refractivity contribution in [2.24, 2.45) is 0 Å². The Morgan fingerprint density at radius 3 is 0.652 bits per heavy atom. The molecular weight excluding hydrogens is 876 g/mol. The molecule has 17 heteroatoms. The molecule has 0 aliphatic carbocycles. The number of fused-ring (bicyclic) bond motifs is 7. The average Bonchev–Trinajstić information content (AvgIpc) is 4.25. The van der Waals surface area contributed by atoms with E-state index in [1.54, 1.807) is 18.6 Å². The van der Waals surface area contributed by atoms with Crippen LogP contribution >= 0.6 is 11.1 Å². The Hall–Kier alpha value is -8.45. The lowest BCUT2D eigenvalue weighted by Crippen LogP contribution is -2.63. The predicted octanol–water partition coefficient (Wildman–Crippen LogP) is 9.37. The summed E-state index contributed by atoms with van der Waals surface area (Å²) in [5.74, 6) is 0. The first-order chi connectivity index (χ1) is 32.6. The fourth-order valence-electron chi connectivity index (χ4n) is 9.47. The molecule has 14 aromatic heterocycles. The molecule has 14 aromatic rings. The van der Waals surface area contributed by atoms with E-state index in [0.717, 1.165) is 77.2 Å². The van der Waals surface area contributed by atoms with Crippen molar-refractivity contribution in [1.82, 2.24) is 64.5 Å². The second-order valence-corrected chi connectivity index (χ2v) is 23.1. The van der Waals surface area contributed by atoms with Gasteiger partial charge in [0.25, 0.3) is 0 Å². The summed E-state index contributed by atoms with van der Waals surface area (Å²) in [4.78, 5) is 33.4. The highest BCUT2D eigenvalue weighted by Crippen LogP contribution is 2.33. The largest absolute Gasteiger partial charge is 0.524 e. The topological polar surface area (TPSA) is 125 Å². The van der Waals surface area contributed by atoms with Crippen LogP contribution in [0.5, 0.6) is 0 Å². The number of hydrogen-bond donors (Lipinski definition) is 0. The molecule has 0 aromatic carbocycles. The number of pyridine rings is 7. The summed E-state index contributed by atoms with van der Waals surface area (Å²) < 4.78 is 15.5. The second-order valence-electron chi connectivity index (χ2n) is 15.9. The molecule has 0 N–H and O–H groups in total. The maximum absolute atomic E-state index is 7.68. The van der Waals surface area contributed by atoms with E-state index in [0.29, 0.717) is 0 Å². The van der Waals surface area contributed by atoms with Gasteiger partial charge in [0.05, 0.1) is 0 Å². The summed E-state index contributed by atoms with van der Waals surface area (Å²) in [5, 5.41) is 7.39. The van der Waals surface area contributed by atoms with E-state index in [1.807, 2.05) is 122 Å². The van der Waals surface area contributed by atoms with Crippen molar-refractivity contribution >= 4 is 105 Å². The van der Waals surface area contributed by atoms with E-state index in [4.69, 9.17) is 31.0 Å². The SMILES string of the molecule is Cl[Si](n1ccc2cccnc21)(n1ccc2cccnc21)n1ccc2cccnc21.c1cnc2c(c1)ccn2[Si](n1ccc2cccnc21)(n1ccc2cccnc21)n1ccc2cccnc21. The van der Waals surface area contributed by atoms with Crippen LogP contribution in [0.4, 0.5) is 0 Å². The highest BCUT2D eigenvalue weighted by Gasteiger charge is 2.50. The van der Waals surface area contributed by atoms with E-state index < -0.39 is 16.6 Å². The fraction of sp³-hybridized carbons (Fsp3) is 0. The lowest BCUT2D eigenvalue weighted by Gasteiger charge is -2.36. The molecule has 316 valence electrons. The van der Waals surface area contributed by atoms with E-state index >= 15 is 0 Å². The van der Waals surface area contributed by atoms with Crippen molar-refractivity contribution in [3.05, 3.63) is 214 Å². The molecule has 0 amide bonds. The zero-order valence-corrected chi connectivity index (χ0v) is 37.6. The third kappa shape index (κ3) is 5.49. The van der Waals surface area contributed by atoms with Crippen molar-refractivity contribution in [2.75, 3.05) is 0 Å². The second kappa shape index (κ2) is 14.8. The summed E-state index contributed by atoms with van der Waals surface area (Å²) in [6, 6.07) is 42.9. The molecule has 0 radical (unpaired) electrons. The highest BCUT2D eigenvalue weighted by molar-refractivity contribution is 7.18. The van der Waals surface area contributed by atoms with Crippen LogP contribution in [0.25, 0.3) is 77.2 Å². The van der Waals surface area contributed by atoms with Crippen molar-refractivity contribution in [3.63, 3.8) is 0 Å². The van der Waals surface area contributed by atoms with Crippen LogP contribution in [-0.4, -0.2) is 81.1 Å². The quantitative estimate of drug-likeness (QED) is 0.115. The molecule has 14 heterocycles. The first-order valence-electron chi connectivity index (χ1n) is 21.3. The van der Waals surface area contributed by atoms with Crippen molar-refractivity contribution in [2.45, 2.75) is 0 Å². The molecule has 0 saturated carbocycles. The van der Waals surface area contributed by atoms with Crippen LogP contribution in [-0.2, 0) is 0 Å². The number of aromatic nitrogens is 14. The van der Waals surface area contributed by atoms with Gasteiger partial charge in [0, 0.05) is 124 Å². The van der Waals surface area contributed by atoms with Gasteiger partial charge in [0.15, 0.2) is 0 Å². The van der Waals surface area contributed by atoms with Gasteiger partial charge in [0.1, 0.15) is 39.5 Å². The Labute approximate surface area is 381 Å². The maximum atomic E-state index is 7.68. The zero-order chi connectivity index (χ0) is 43.8. The molecule has 14 rings (SSSR count). The van der Waals surface area contributed by atoms with Crippen LogP contribution < -0.4 is 0 Å². The van der Waals surface area contributed by atoms with Crippen molar-refractivity contribution < 1.29 is 0 Å². The van der Waals surface area contributed by atoms with Crippen LogP contribution in [0.2, 0.25) is 0 Å². The van der Waals surface area contributed by atoms with Crippen LogP contribution in [0.1, 0.15) is 0 Å². The molecule has 14 nitrogen and oxygen atoms in total. The van der Waals surface area contributed by atoms with Gasteiger partial charge in [-0.1, -0.05) is 11.1 Å². The molecule has 0 unspecified atom stereocenters. The van der Waals surface area contributed by atoms with Gasteiger partial charge in [-0.3, -0.25) is 0 Å². The van der Waals surface area contributed by atoms with Crippen LogP contribution in [0.15, 0.2) is 214 Å². The van der Waals surface area contributed by atoms with Gasteiger partial charge in [-0.15, -0.1) is 0 Å². The minimum Gasteiger partial charge on any atom is -0.311 e. The Morgan fingerprint density at radius 1 is 0.258 bits per heavy atom. The molecule has 0 bridgehead atoms. The number of halogens is 1. The van der Waals surface area contributed by atoms with Crippen LogP contribution in [0.3, 0.4) is 0 Å². The summed E-state index contributed by atoms with van der Waals surface area (Å²) in [6.45, 7) is 0. The van der Waals surface area contributed by atoms with E-state index in [1.165, 1.54) is 0 Å². The van der Waals surface area contributed by atoms with Crippen molar-refractivity contribution in [3.8, 4) is 0 Å². The number of nitrogens with zero attached hydrogens (tertiary/aromatic N) is 14. The first-order valence-corrected chi connectivity index (χ1v) is 25.9. The van der Waals surface area contributed by atoms with Crippen molar-refractivity contribution in [1.29, 1.82) is 0 Å². The number of rotatable bonds is 7. The smallest absolute Gasteiger partial charge is 0.311 e. The highest BCUT2D eigenvalue weighted by atomic mass is 35.6. The summed E-state index contributed by atoms with van der Waals surface area (Å²) in [5.41, 5.74) is 6.08. The molecular formula is C49H35ClN14Si2. The van der Waals surface area contributed by atoms with Gasteiger partial charge in [-0.05, 0) is 127 Å². The van der Waals surface area contributed by atoms with Gasteiger partial charge in [0.2, 0.25) is 0 Å². The average molecular weight is 912 g/mol. The lowest BCUT2D eigenvalue weighted by molar-refractivity contribution is 0.850. The monoisotopic (exact) mass is 910 g/mol. The van der Waals surface area contributed by atoms with Gasteiger partial charge in [-0.25, -0.2) is 34.9 Å². The van der Waals surface area contributed by atoms with Gasteiger partial charge < -0.3 is 29.6 Å². The molecule has 0 atom stereocenters. The van der Waals surface area contributed by atoms with E-state index in [9.17, 15) is 0 Å². The maximum Gasteiger partial charge on any atom is 0.524 e. The standard InChI is InChI=1S/C28H20N8Si.C21H15ClN6Si/c1-5-21-9-17-33(25(21)29-13-1)37(34-18-10-22-6-2-14-30-26(22)34,35-19-11-23-7-3-15-31-27(23)35)36-20-12-24-8-4-16-32-28(24)36;22-29(26-13-7-16-4-1-10-23-19(16)26,27-14-8-17-5-2-11-24-20(17)27)28-15-9-18-6-3-12-25-21(18)28/h1-20H;1-15H. The predicted molar refractivity (Wildman–Crippen MR) is 263 cm³/mol. The Balaban J connectivity index is 0.000000136. The minimum absolute atomic E-state index is 0.838. The fourth-order valence-corrected chi connectivity index (χ4v) is 17.9. The minimum atomic E-state index is -3.33.